The van der Waals surface area contributed by atoms with Gasteiger partial charge in [0.25, 0.3) is 0 Å². The molecule has 0 bridgehead atoms. The summed E-state index contributed by atoms with van der Waals surface area (Å²) in [7, 11) is 0. The lowest BCUT2D eigenvalue weighted by atomic mass is 10.0. The van der Waals surface area contributed by atoms with E-state index in [1.165, 1.54) is 0 Å². The highest BCUT2D eigenvalue weighted by molar-refractivity contribution is 5.81. The lowest BCUT2D eigenvalue weighted by molar-refractivity contribution is 0.185. The molecule has 1 atom stereocenters. The fourth-order valence-corrected chi connectivity index (χ4v) is 1.71. The lowest BCUT2D eigenvalue weighted by Gasteiger charge is -2.09. The fourth-order valence-electron chi connectivity index (χ4n) is 1.71. The number of hydrogen-bond donors (Lipinski definition) is 1. The molecule has 0 spiro atoms. The van der Waals surface area contributed by atoms with Gasteiger partial charge in [-0.15, -0.1) is 11.8 Å². The first kappa shape index (κ1) is 10.7. The summed E-state index contributed by atoms with van der Waals surface area (Å²) in [5, 5.41) is 11.1. The molecule has 1 heterocycles. The lowest BCUT2D eigenvalue weighted by Crippen LogP contribution is -1.98. The van der Waals surface area contributed by atoms with Crippen LogP contribution in [-0.4, -0.2) is 10.1 Å². The second-order valence-corrected chi connectivity index (χ2v) is 3.57. The molecule has 2 nitrogen and oxygen atoms in total. The predicted octanol–water partition coefficient (Wildman–Crippen LogP) is 2.68. The summed E-state index contributed by atoms with van der Waals surface area (Å²) in [6.45, 7) is 1.77. The monoisotopic (exact) mass is 211 g/mol. The number of rotatable bonds is 2. The van der Waals surface area contributed by atoms with E-state index in [9.17, 15) is 5.11 Å². The zero-order valence-corrected chi connectivity index (χ0v) is 9.14. The molecular weight excluding hydrogens is 198 g/mol. The second kappa shape index (κ2) is 4.78. The first-order valence-electron chi connectivity index (χ1n) is 5.24. The number of pyridine rings is 1. The molecule has 0 aliphatic carbocycles. The first-order chi connectivity index (χ1) is 7.83. The number of nitrogens with zero attached hydrogens (tertiary/aromatic N) is 1. The quantitative estimate of drug-likeness (QED) is 0.775. The van der Waals surface area contributed by atoms with Crippen LogP contribution in [0.5, 0.6) is 0 Å². The summed E-state index contributed by atoms with van der Waals surface area (Å²) < 4.78 is 0. The number of aliphatic hydroxyl groups is 1. The summed E-state index contributed by atoms with van der Waals surface area (Å²) in [6.07, 6.45) is 1.63. The van der Waals surface area contributed by atoms with Crippen molar-refractivity contribution in [3.8, 4) is 11.8 Å². The van der Waals surface area contributed by atoms with Crippen LogP contribution in [0.3, 0.4) is 0 Å². The molecule has 0 aliphatic rings. The van der Waals surface area contributed by atoms with Crippen molar-refractivity contribution < 1.29 is 5.11 Å². The van der Waals surface area contributed by atoms with Gasteiger partial charge in [0.2, 0.25) is 0 Å². The molecule has 16 heavy (non-hydrogen) atoms. The highest BCUT2D eigenvalue weighted by Crippen LogP contribution is 2.23. The van der Waals surface area contributed by atoms with Gasteiger partial charge < -0.3 is 5.11 Å². The van der Waals surface area contributed by atoms with Gasteiger partial charge in [0.1, 0.15) is 0 Å². The Labute approximate surface area is 95.0 Å². The van der Waals surface area contributed by atoms with Gasteiger partial charge in [-0.2, -0.15) is 0 Å². The number of fused-ring (bicyclic) bond motifs is 1. The van der Waals surface area contributed by atoms with Crippen LogP contribution in [0.25, 0.3) is 10.9 Å². The predicted molar refractivity (Wildman–Crippen MR) is 64.8 cm³/mol. The van der Waals surface area contributed by atoms with Gasteiger partial charge in [0.15, 0.2) is 0 Å². The van der Waals surface area contributed by atoms with Crippen molar-refractivity contribution in [3.63, 3.8) is 0 Å². The van der Waals surface area contributed by atoms with E-state index in [2.05, 4.69) is 16.8 Å². The van der Waals surface area contributed by atoms with E-state index in [4.69, 9.17) is 0 Å². The maximum atomic E-state index is 10.0. The van der Waals surface area contributed by atoms with Crippen LogP contribution in [0, 0.1) is 11.8 Å². The van der Waals surface area contributed by atoms with E-state index in [-0.39, 0.29) is 0 Å². The maximum Gasteiger partial charge on any atom is 0.0920 e. The molecule has 0 aliphatic heterocycles. The molecule has 1 aromatic heterocycles. The number of aliphatic hydroxyl groups excluding tert-OH is 1. The minimum Gasteiger partial charge on any atom is -0.387 e. The Morgan fingerprint density at radius 3 is 2.94 bits per heavy atom. The van der Waals surface area contributed by atoms with Crippen LogP contribution in [0.15, 0.2) is 36.5 Å². The summed E-state index contributed by atoms with van der Waals surface area (Å²) >= 11 is 0. The van der Waals surface area contributed by atoms with E-state index >= 15 is 0 Å². The zero-order valence-electron chi connectivity index (χ0n) is 9.14. The third kappa shape index (κ3) is 2.05. The van der Waals surface area contributed by atoms with Gasteiger partial charge in [-0.05, 0) is 13.0 Å². The zero-order chi connectivity index (χ0) is 11.4. The van der Waals surface area contributed by atoms with E-state index in [1.54, 1.807) is 13.1 Å². The van der Waals surface area contributed by atoms with Crippen molar-refractivity contribution in [1.29, 1.82) is 0 Å². The third-order valence-electron chi connectivity index (χ3n) is 2.50. The van der Waals surface area contributed by atoms with Crippen LogP contribution >= 0.6 is 0 Å². The van der Waals surface area contributed by atoms with Gasteiger partial charge in [-0.25, -0.2) is 0 Å². The van der Waals surface area contributed by atoms with Crippen molar-refractivity contribution >= 4 is 10.9 Å². The van der Waals surface area contributed by atoms with Crippen LogP contribution in [-0.2, 0) is 0 Å². The first-order valence-corrected chi connectivity index (χ1v) is 5.24. The Morgan fingerprint density at radius 1 is 1.31 bits per heavy atom. The molecular formula is C14H13NO. The van der Waals surface area contributed by atoms with Gasteiger partial charge in [-0.1, -0.05) is 24.3 Å². The van der Waals surface area contributed by atoms with Crippen molar-refractivity contribution in [3.05, 3.63) is 42.1 Å². The molecule has 0 amide bonds. The standard InChI is InChI=1S/C14H13NO/c1-2-3-9-13(16)12-8-4-6-11-7-5-10-15-14(11)12/h4-8,10,13,16H,9H2,1H3. The molecule has 0 saturated heterocycles. The van der Waals surface area contributed by atoms with E-state index in [1.807, 2.05) is 30.3 Å². The van der Waals surface area contributed by atoms with Crippen molar-refractivity contribution in [2.45, 2.75) is 19.4 Å². The van der Waals surface area contributed by atoms with Crippen molar-refractivity contribution in [2.75, 3.05) is 0 Å². The third-order valence-corrected chi connectivity index (χ3v) is 2.50. The van der Waals surface area contributed by atoms with Crippen molar-refractivity contribution in [2.24, 2.45) is 0 Å². The molecule has 0 fully saturated rings. The van der Waals surface area contributed by atoms with E-state index in [0.717, 1.165) is 16.5 Å². The Kier molecular flexibility index (Phi) is 3.19. The van der Waals surface area contributed by atoms with Crippen LogP contribution in [0.1, 0.15) is 25.0 Å². The highest BCUT2D eigenvalue weighted by atomic mass is 16.3. The molecule has 1 aromatic carbocycles. The molecule has 2 rings (SSSR count). The number of para-hydroxylation sites is 1. The Balaban J connectivity index is 2.46. The van der Waals surface area contributed by atoms with E-state index in [0.29, 0.717) is 6.42 Å². The molecule has 2 heteroatoms. The highest BCUT2D eigenvalue weighted by Gasteiger charge is 2.10. The fraction of sp³-hybridized carbons (Fsp3) is 0.214. The maximum absolute atomic E-state index is 10.0. The average molecular weight is 211 g/mol. The molecule has 1 N–H and O–H groups in total. The van der Waals surface area contributed by atoms with Crippen LogP contribution in [0.2, 0.25) is 0 Å². The van der Waals surface area contributed by atoms with Gasteiger partial charge in [0.05, 0.1) is 11.6 Å². The van der Waals surface area contributed by atoms with Crippen LogP contribution < -0.4 is 0 Å². The average Bonchev–Trinajstić information content (AvgIpc) is 2.35. The normalized spacial score (nSPS) is 11.9. The Bertz CT molecular complexity index is 546. The second-order valence-electron chi connectivity index (χ2n) is 3.57. The summed E-state index contributed by atoms with van der Waals surface area (Å²) in [6, 6.07) is 9.71. The molecule has 0 saturated carbocycles. The summed E-state index contributed by atoms with van der Waals surface area (Å²) in [5.74, 6) is 5.67. The topological polar surface area (TPSA) is 33.1 Å². The minimum absolute atomic E-state index is 0.451. The summed E-state index contributed by atoms with van der Waals surface area (Å²) in [4.78, 5) is 4.30. The Hall–Kier alpha value is -1.85. The Morgan fingerprint density at radius 2 is 2.12 bits per heavy atom. The number of hydrogen-bond acceptors (Lipinski definition) is 2. The summed E-state index contributed by atoms with van der Waals surface area (Å²) in [5.41, 5.74) is 1.70. The molecule has 2 aromatic rings. The van der Waals surface area contributed by atoms with Gasteiger partial charge in [-0.3, -0.25) is 4.98 Å². The SMILES string of the molecule is CC#CCC(O)c1cccc2cccnc12. The van der Waals surface area contributed by atoms with Gasteiger partial charge >= 0.3 is 0 Å². The number of benzene rings is 1. The van der Waals surface area contributed by atoms with Crippen LogP contribution in [0.4, 0.5) is 0 Å². The molecule has 1 unspecified atom stereocenters. The molecule has 80 valence electrons. The molecule has 0 radical (unpaired) electrons. The minimum atomic E-state index is -0.564. The van der Waals surface area contributed by atoms with E-state index < -0.39 is 6.10 Å². The van der Waals surface area contributed by atoms with Gasteiger partial charge in [0, 0.05) is 23.6 Å². The smallest absolute Gasteiger partial charge is 0.0920 e. The largest absolute Gasteiger partial charge is 0.387 e. The number of aromatic nitrogens is 1. The van der Waals surface area contributed by atoms with Crippen molar-refractivity contribution in [1.82, 2.24) is 4.98 Å².